The van der Waals surface area contributed by atoms with Crippen LogP contribution in [-0.2, 0) is 0 Å². The minimum absolute atomic E-state index is 0.918. The van der Waals surface area contributed by atoms with Crippen LogP contribution in [0, 0.1) is 0 Å². The van der Waals surface area contributed by atoms with Gasteiger partial charge in [0, 0.05) is 54.9 Å². The minimum Gasteiger partial charge on any atom is -0.367 e. The average molecular weight is 409 g/mol. The number of nitrogens with zero attached hydrogens (tertiary/aromatic N) is 5. The van der Waals surface area contributed by atoms with E-state index in [4.69, 9.17) is 0 Å². The van der Waals surface area contributed by atoms with E-state index in [2.05, 4.69) is 72.3 Å². The lowest BCUT2D eigenvalue weighted by Gasteiger charge is -2.34. The first kappa shape index (κ1) is 18.1. The summed E-state index contributed by atoms with van der Waals surface area (Å²) in [5.74, 6) is 0. The molecule has 1 fully saturated rings. The number of pyridine rings is 2. The number of H-pyrrole nitrogens is 2. The number of hydrogen-bond acceptors (Lipinski definition) is 5. The number of benzene rings is 1. The van der Waals surface area contributed by atoms with Crippen molar-refractivity contribution >= 4 is 27.5 Å². The fourth-order valence-corrected chi connectivity index (χ4v) is 4.40. The molecule has 0 radical (unpaired) electrons. The molecule has 1 aliphatic rings. The van der Waals surface area contributed by atoms with Crippen molar-refractivity contribution in [3.05, 3.63) is 61.2 Å². The van der Waals surface area contributed by atoms with Crippen molar-refractivity contribution < 1.29 is 0 Å². The molecule has 7 nitrogen and oxygen atoms in total. The zero-order valence-electron chi connectivity index (χ0n) is 17.3. The first-order valence-corrected chi connectivity index (χ1v) is 10.6. The molecule has 2 N–H and O–H groups in total. The highest BCUT2D eigenvalue weighted by atomic mass is 15.2. The lowest BCUT2D eigenvalue weighted by molar-refractivity contribution is 0.313. The topological polar surface area (TPSA) is 76.7 Å². The molecule has 6 rings (SSSR count). The number of nitrogens with one attached hydrogen (secondary N) is 2. The summed E-state index contributed by atoms with van der Waals surface area (Å²) in [4.78, 5) is 17.1. The Morgan fingerprint density at radius 2 is 1.74 bits per heavy atom. The van der Waals surface area contributed by atoms with Crippen molar-refractivity contribution in [1.82, 2.24) is 30.0 Å². The standard InChI is InChI=1S/C24H23N7/c1-30-7-9-31(10-8-30)23-15-26-14-22-18(23)12-21(27-22)24-19-11-16(4-5-20(19)28-29-24)17-3-2-6-25-13-17/h2-6,11-15,27H,7-10H2,1H3,(H,28,29). The van der Waals surface area contributed by atoms with E-state index in [-0.39, 0.29) is 0 Å². The molecule has 1 aromatic carbocycles. The molecule has 0 amide bonds. The van der Waals surface area contributed by atoms with Gasteiger partial charge in [0.1, 0.15) is 5.69 Å². The van der Waals surface area contributed by atoms with Crippen LogP contribution in [0.15, 0.2) is 61.2 Å². The van der Waals surface area contributed by atoms with Gasteiger partial charge >= 0.3 is 0 Å². The first-order chi connectivity index (χ1) is 15.3. The highest BCUT2D eigenvalue weighted by Gasteiger charge is 2.19. The van der Waals surface area contributed by atoms with E-state index in [1.165, 1.54) is 11.1 Å². The number of fused-ring (bicyclic) bond motifs is 2. The third-order valence-corrected chi connectivity index (χ3v) is 6.18. The smallest absolute Gasteiger partial charge is 0.116 e. The van der Waals surface area contributed by atoms with E-state index in [1.54, 1.807) is 6.20 Å². The molecule has 5 heterocycles. The Labute approximate surface area is 179 Å². The molecule has 0 saturated carbocycles. The van der Waals surface area contributed by atoms with Crippen molar-refractivity contribution in [2.24, 2.45) is 0 Å². The van der Waals surface area contributed by atoms with Crippen LogP contribution >= 0.6 is 0 Å². The number of hydrogen-bond donors (Lipinski definition) is 2. The summed E-state index contributed by atoms with van der Waals surface area (Å²) in [6.07, 6.45) is 7.56. The third-order valence-electron chi connectivity index (χ3n) is 6.18. The summed E-state index contributed by atoms with van der Waals surface area (Å²) in [7, 11) is 2.17. The van der Waals surface area contributed by atoms with E-state index >= 15 is 0 Å². The molecule has 0 spiro atoms. The summed E-state index contributed by atoms with van der Waals surface area (Å²) in [6, 6.07) is 12.6. The Morgan fingerprint density at radius 3 is 2.58 bits per heavy atom. The summed E-state index contributed by atoms with van der Waals surface area (Å²) in [6.45, 7) is 4.15. The van der Waals surface area contributed by atoms with E-state index in [9.17, 15) is 0 Å². The number of anilines is 1. The maximum Gasteiger partial charge on any atom is 0.116 e. The van der Waals surface area contributed by atoms with E-state index in [0.29, 0.717) is 0 Å². The SMILES string of the molecule is CN1CCN(c2cncc3[nH]c(-c4n[nH]c5ccc(-c6cccnc6)cc45)cc23)CC1. The molecule has 0 atom stereocenters. The Morgan fingerprint density at radius 1 is 0.839 bits per heavy atom. The van der Waals surface area contributed by atoms with Crippen LogP contribution < -0.4 is 4.90 Å². The largest absolute Gasteiger partial charge is 0.367 e. The van der Waals surface area contributed by atoms with Gasteiger partial charge in [-0.15, -0.1) is 0 Å². The van der Waals surface area contributed by atoms with Gasteiger partial charge in [-0.2, -0.15) is 5.10 Å². The van der Waals surface area contributed by atoms with Crippen molar-refractivity contribution in [3.8, 4) is 22.5 Å². The molecular formula is C24H23N7. The van der Waals surface area contributed by atoms with Gasteiger partial charge < -0.3 is 14.8 Å². The van der Waals surface area contributed by atoms with Crippen LogP contribution in [0.4, 0.5) is 5.69 Å². The van der Waals surface area contributed by atoms with Crippen LogP contribution in [0.3, 0.4) is 0 Å². The van der Waals surface area contributed by atoms with Gasteiger partial charge in [0.25, 0.3) is 0 Å². The molecule has 31 heavy (non-hydrogen) atoms. The van der Waals surface area contributed by atoms with Gasteiger partial charge in [0.15, 0.2) is 0 Å². The minimum atomic E-state index is 0.918. The summed E-state index contributed by atoms with van der Waals surface area (Å²) < 4.78 is 0. The van der Waals surface area contributed by atoms with Crippen LogP contribution in [0.1, 0.15) is 0 Å². The van der Waals surface area contributed by atoms with Crippen molar-refractivity contribution in [2.45, 2.75) is 0 Å². The maximum atomic E-state index is 4.64. The molecule has 1 saturated heterocycles. The molecule has 154 valence electrons. The van der Waals surface area contributed by atoms with Crippen molar-refractivity contribution in [3.63, 3.8) is 0 Å². The quantitative estimate of drug-likeness (QED) is 0.472. The van der Waals surface area contributed by atoms with Crippen LogP contribution in [-0.4, -0.2) is 63.3 Å². The van der Waals surface area contributed by atoms with Crippen LogP contribution in [0.25, 0.3) is 44.3 Å². The Kier molecular flexibility index (Phi) is 4.21. The van der Waals surface area contributed by atoms with Gasteiger partial charge in [-0.05, 0) is 36.9 Å². The predicted octanol–water partition coefficient (Wildman–Crippen LogP) is 3.92. The molecule has 5 aromatic rings. The Bertz CT molecular complexity index is 1360. The normalized spacial score (nSPS) is 15.2. The summed E-state index contributed by atoms with van der Waals surface area (Å²) in [5, 5.41) is 10.1. The molecule has 0 unspecified atom stereocenters. The first-order valence-electron chi connectivity index (χ1n) is 10.6. The number of likely N-dealkylation sites (N-methyl/N-ethyl adjacent to an activating group) is 1. The number of aromatic nitrogens is 5. The van der Waals surface area contributed by atoms with Crippen molar-refractivity contribution in [2.75, 3.05) is 38.1 Å². The Hall–Kier alpha value is -3.71. The second kappa shape index (κ2) is 7.21. The molecule has 1 aliphatic heterocycles. The van der Waals surface area contributed by atoms with Gasteiger partial charge in [-0.3, -0.25) is 15.1 Å². The lowest BCUT2D eigenvalue weighted by Crippen LogP contribution is -2.44. The molecule has 0 aliphatic carbocycles. The van der Waals surface area contributed by atoms with Crippen LogP contribution in [0.5, 0.6) is 0 Å². The summed E-state index contributed by atoms with van der Waals surface area (Å²) >= 11 is 0. The second-order valence-electron chi connectivity index (χ2n) is 8.17. The zero-order valence-corrected chi connectivity index (χ0v) is 17.3. The maximum absolute atomic E-state index is 4.64. The Balaban J connectivity index is 1.44. The third kappa shape index (κ3) is 3.14. The number of piperazine rings is 1. The fourth-order valence-electron chi connectivity index (χ4n) is 4.40. The van der Waals surface area contributed by atoms with E-state index in [0.717, 1.165) is 65.1 Å². The fraction of sp³-hybridized carbons (Fsp3) is 0.208. The average Bonchev–Trinajstić information content (AvgIpc) is 3.43. The van der Waals surface area contributed by atoms with Gasteiger partial charge in [-0.25, -0.2) is 0 Å². The molecule has 0 bridgehead atoms. The zero-order chi connectivity index (χ0) is 20.8. The van der Waals surface area contributed by atoms with Crippen molar-refractivity contribution in [1.29, 1.82) is 0 Å². The lowest BCUT2D eigenvalue weighted by atomic mass is 10.0. The van der Waals surface area contributed by atoms with E-state index in [1.807, 2.05) is 24.7 Å². The molecule has 4 aromatic heterocycles. The molecular weight excluding hydrogens is 386 g/mol. The monoisotopic (exact) mass is 409 g/mol. The second-order valence-corrected chi connectivity index (χ2v) is 8.17. The highest BCUT2D eigenvalue weighted by Crippen LogP contribution is 2.34. The van der Waals surface area contributed by atoms with Gasteiger partial charge in [0.05, 0.1) is 34.8 Å². The van der Waals surface area contributed by atoms with Gasteiger partial charge in [0.2, 0.25) is 0 Å². The predicted molar refractivity (Wildman–Crippen MR) is 124 cm³/mol. The van der Waals surface area contributed by atoms with Crippen LogP contribution in [0.2, 0.25) is 0 Å². The number of aromatic amines is 2. The van der Waals surface area contributed by atoms with Gasteiger partial charge in [-0.1, -0.05) is 12.1 Å². The highest BCUT2D eigenvalue weighted by molar-refractivity contribution is 6.00. The van der Waals surface area contributed by atoms with E-state index < -0.39 is 0 Å². The number of rotatable bonds is 3. The summed E-state index contributed by atoms with van der Waals surface area (Å²) in [5.41, 5.74) is 7.36. The molecule has 7 heteroatoms.